The van der Waals surface area contributed by atoms with Crippen LogP contribution in [0.5, 0.6) is 0 Å². The van der Waals surface area contributed by atoms with Crippen LogP contribution in [0, 0.1) is 0 Å². The smallest absolute Gasteiger partial charge is 0.164 e. The average molecular weight is 823 g/mol. The molecule has 0 atom stereocenters. The van der Waals surface area contributed by atoms with Crippen LogP contribution in [-0.2, 0) is 0 Å². The summed E-state index contributed by atoms with van der Waals surface area (Å²) < 4.78 is 11.3. The van der Waals surface area contributed by atoms with E-state index in [1.165, 1.54) is 42.1 Å². The molecule has 4 heterocycles. The van der Waals surface area contributed by atoms with Gasteiger partial charge in [-0.3, -0.25) is 0 Å². The van der Waals surface area contributed by atoms with Crippen LogP contribution in [0.2, 0.25) is 0 Å². The molecule has 0 radical (unpaired) electrons. The summed E-state index contributed by atoms with van der Waals surface area (Å²) in [7, 11) is 0. The van der Waals surface area contributed by atoms with E-state index in [1.54, 1.807) is 0 Å². The molecule has 0 fully saturated rings. The predicted molar refractivity (Wildman–Crippen MR) is 262 cm³/mol. The first-order valence-electron chi connectivity index (χ1n) is 21.1. The summed E-state index contributed by atoms with van der Waals surface area (Å²) in [4.78, 5) is 15.4. The SMILES string of the molecule is c1ccc(-c2nc(-c3cccc(-n4c5ccccc5c5cccc(-c6cccc(-c7cccc8sc9ccccc9c78)c6)c54)c3)nc(-c3ccc4c(c3)oc3ccccc34)n2)cc1. The Bertz CT molecular complexity index is 3940. The summed E-state index contributed by atoms with van der Waals surface area (Å²) >= 11 is 1.85. The highest BCUT2D eigenvalue weighted by Crippen LogP contribution is 2.43. The molecule has 0 bridgehead atoms. The highest BCUT2D eigenvalue weighted by atomic mass is 32.1. The van der Waals surface area contributed by atoms with E-state index in [2.05, 4.69) is 156 Å². The van der Waals surface area contributed by atoms with Crippen LogP contribution in [0.4, 0.5) is 0 Å². The van der Waals surface area contributed by atoms with Gasteiger partial charge < -0.3 is 8.98 Å². The second kappa shape index (κ2) is 14.2. The zero-order valence-electron chi connectivity index (χ0n) is 33.7. The number of furan rings is 1. The molecule has 5 nitrogen and oxygen atoms in total. The van der Waals surface area contributed by atoms with E-state index in [-0.39, 0.29) is 0 Å². The van der Waals surface area contributed by atoms with E-state index in [0.29, 0.717) is 17.5 Å². The monoisotopic (exact) mass is 822 g/mol. The molecule has 0 N–H and O–H groups in total. The van der Waals surface area contributed by atoms with Crippen LogP contribution in [0.25, 0.3) is 126 Å². The van der Waals surface area contributed by atoms with E-state index in [4.69, 9.17) is 19.4 Å². The van der Waals surface area contributed by atoms with Crippen LogP contribution in [-0.4, -0.2) is 19.5 Å². The number of hydrogen-bond acceptors (Lipinski definition) is 5. The van der Waals surface area contributed by atoms with Gasteiger partial charge in [0.05, 0.1) is 11.0 Å². The minimum Gasteiger partial charge on any atom is -0.456 e. The summed E-state index contributed by atoms with van der Waals surface area (Å²) in [5.41, 5.74) is 12.4. The second-order valence-corrected chi connectivity index (χ2v) is 17.0. The van der Waals surface area contributed by atoms with E-state index in [9.17, 15) is 0 Å². The number of nitrogens with zero attached hydrogens (tertiary/aromatic N) is 4. The summed E-state index contributed by atoms with van der Waals surface area (Å²) in [5.74, 6) is 1.78. The van der Waals surface area contributed by atoms with Crippen molar-refractivity contribution in [3.8, 4) is 62.1 Å². The van der Waals surface area contributed by atoms with Crippen molar-refractivity contribution < 1.29 is 4.42 Å². The van der Waals surface area contributed by atoms with Crippen molar-refractivity contribution in [1.82, 2.24) is 19.5 Å². The Labute approximate surface area is 365 Å². The van der Waals surface area contributed by atoms with Crippen molar-refractivity contribution in [2.45, 2.75) is 0 Å². The third kappa shape index (κ3) is 5.80. The number of hydrogen-bond donors (Lipinski definition) is 0. The minimum atomic E-state index is 0.580. The lowest BCUT2D eigenvalue weighted by Crippen LogP contribution is -2.01. The number of para-hydroxylation sites is 3. The van der Waals surface area contributed by atoms with Gasteiger partial charge in [0.25, 0.3) is 0 Å². The van der Waals surface area contributed by atoms with Crippen LogP contribution in [0.15, 0.2) is 211 Å². The van der Waals surface area contributed by atoms with Crippen LogP contribution >= 0.6 is 11.3 Å². The van der Waals surface area contributed by atoms with Gasteiger partial charge in [-0.15, -0.1) is 11.3 Å². The van der Waals surface area contributed by atoms with Gasteiger partial charge in [-0.1, -0.05) is 152 Å². The lowest BCUT2D eigenvalue weighted by Gasteiger charge is -2.14. The molecule has 13 aromatic rings. The predicted octanol–water partition coefficient (Wildman–Crippen LogP) is 15.6. The Morgan fingerprint density at radius 1 is 0.365 bits per heavy atom. The van der Waals surface area contributed by atoms with Gasteiger partial charge in [-0.25, -0.2) is 15.0 Å². The zero-order chi connectivity index (χ0) is 41.4. The fourth-order valence-corrected chi connectivity index (χ4v) is 10.5. The molecule has 9 aromatic carbocycles. The van der Waals surface area contributed by atoms with E-state index in [1.807, 2.05) is 65.9 Å². The lowest BCUT2D eigenvalue weighted by molar-refractivity contribution is 0.669. The molecule has 0 amide bonds. The molecule has 0 unspecified atom stereocenters. The van der Waals surface area contributed by atoms with Crippen molar-refractivity contribution in [2.24, 2.45) is 0 Å². The Morgan fingerprint density at radius 2 is 0.952 bits per heavy atom. The number of aromatic nitrogens is 4. The fourth-order valence-electron chi connectivity index (χ4n) is 9.39. The Hall–Kier alpha value is -8.19. The van der Waals surface area contributed by atoms with Crippen molar-refractivity contribution >= 4 is 75.3 Å². The molecule has 6 heteroatoms. The molecule has 294 valence electrons. The standard InChI is InChI=1S/C57H34N4OS/c1-2-14-35(15-3-1)55-58-56(60-57(59-55)39-30-31-45-44-21-5-8-27-49(44)62-50(45)34-39)38-18-11-19-40(33-38)61-48-26-7-4-20-43(48)46-25-12-24-42(54(46)61)37-17-10-16-36(32-37)41-23-13-29-52-53(41)47-22-6-9-28-51(47)63-52/h1-34H. The van der Waals surface area contributed by atoms with Gasteiger partial charge in [0, 0.05) is 69.7 Å². The Kier molecular flexibility index (Phi) is 8.01. The summed E-state index contributed by atoms with van der Waals surface area (Å²) in [6.07, 6.45) is 0. The first-order chi connectivity index (χ1) is 31.2. The molecule has 0 saturated carbocycles. The molecular weight excluding hydrogens is 789 g/mol. The van der Waals surface area contributed by atoms with Crippen LogP contribution < -0.4 is 0 Å². The maximum atomic E-state index is 6.30. The van der Waals surface area contributed by atoms with Gasteiger partial charge in [-0.05, 0) is 71.3 Å². The first kappa shape index (κ1) is 35.6. The van der Waals surface area contributed by atoms with E-state index in [0.717, 1.165) is 66.5 Å². The summed E-state index contributed by atoms with van der Waals surface area (Å²) in [5, 5.41) is 7.15. The third-order valence-electron chi connectivity index (χ3n) is 12.2. The third-order valence-corrected chi connectivity index (χ3v) is 13.4. The average Bonchev–Trinajstić information content (AvgIpc) is 4.04. The Morgan fingerprint density at radius 3 is 1.83 bits per heavy atom. The van der Waals surface area contributed by atoms with Crippen LogP contribution in [0.3, 0.4) is 0 Å². The van der Waals surface area contributed by atoms with Crippen molar-refractivity contribution in [2.75, 3.05) is 0 Å². The van der Waals surface area contributed by atoms with Crippen LogP contribution in [0.1, 0.15) is 0 Å². The number of thiophene rings is 1. The number of fused-ring (bicyclic) bond motifs is 9. The molecule has 13 rings (SSSR count). The summed E-state index contributed by atoms with van der Waals surface area (Å²) in [6, 6.07) is 72.9. The highest BCUT2D eigenvalue weighted by molar-refractivity contribution is 7.25. The Balaban J connectivity index is 0.982. The molecule has 0 aliphatic heterocycles. The molecule has 0 aliphatic rings. The molecule has 4 aromatic heterocycles. The maximum Gasteiger partial charge on any atom is 0.164 e. The van der Waals surface area contributed by atoms with Crippen molar-refractivity contribution in [1.29, 1.82) is 0 Å². The maximum absolute atomic E-state index is 6.30. The van der Waals surface area contributed by atoms with E-state index >= 15 is 0 Å². The van der Waals surface area contributed by atoms with Gasteiger partial charge in [0.2, 0.25) is 0 Å². The largest absolute Gasteiger partial charge is 0.456 e. The quantitative estimate of drug-likeness (QED) is 0.168. The molecule has 0 aliphatic carbocycles. The molecule has 63 heavy (non-hydrogen) atoms. The van der Waals surface area contributed by atoms with E-state index < -0.39 is 0 Å². The normalized spacial score (nSPS) is 11.8. The molecular formula is C57H34N4OS. The van der Waals surface area contributed by atoms with Crippen molar-refractivity contribution in [3.63, 3.8) is 0 Å². The fraction of sp³-hybridized carbons (Fsp3) is 0. The van der Waals surface area contributed by atoms with Gasteiger partial charge in [0.1, 0.15) is 11.2 Å². The topological polar surface area (TPSA) is 56.7 Å². The van der Waals surface area contributed by atoms with Gasteiger partial charge in [-0.2, -0.15) is 0 Å². The molecule has 0 saturated heterocycles. The number of benzene rings is 9. The lowest BCUT2D eigenvalue weighted by atomic mass is 9.95. The highest BCUT2D eigenvalue weighted by Gasteiger charge is 2.20. The second-order valence-electron chi connectivity index (χ2n) is 15.9. The minimum absolute atomic E-state index is 0.580. The van der Waals surface area contributed by atoms with Gasteiger partial charge >= 0.3 is 0 Å². The summed E-state index contributed by atoms with van der Waals surface area (Å²) in [6.45, 7) is 0. The van der Waals surface area contributed by atoms with Gasteiger partial charge in [0.15, 0.2) is 17.5 Å². The molecule has 0 spiro atoms. The van der Waals surface area contributed by atoms with Crippen molar-refractivity contribution in [3.05, 3.63) is 206 Å². The number of rotatable bonds is 6. The first-order valence-corrected chi connectivity index (χ1v) is 21.9. The zero-order valence-corrected chi connectivity index (χ0v) is 34.6.